The predicted molar refractivity (Wildman–Crippen MR) is 46.7 cm³/mol. The van der Waals surface area contributed by atoms with E-state index in [2.05, 4.69) is 13.2 Å². The molecular weight excluding hydrogens is 122 g/mol. The molecule has 10 heavy (non-hydrogen) atoms. The van der Waals surface area contributed by atoms with Crippen molar-refractivity contribution in [2.24, 2.45) is 5.73 Å². The van der Waals surface area contributed by atoms with Gasteiger partial charge in [0.25, 0.3) is 0 Å². The van der Waals surface area contributed by atoms with Crippen LogP contribution in [0.15, 0.2) is 37.0 Å². The van der Waals surface area contributed by atoms with E-state index < -0.39 is 0 Å². The van der Waals surface area contributed by atoms with Crippen LogP contribution in [-0.2, 0) is 0 Å². The van der Waals surface area contributed by atoms with E-state index in [1.807, 2.05) is 13.0 Å². The first-order valence-electron chi connectivity index (χ1n) is 3.46. The second-order valence-electron chi connectivity index (χ2n) is 2.12. The highest BCUT2D eigenvalue weighted by Crippen LogP contribution is 2.03. The minimum absolute atomic E-state index is 0.107. The van der Waals surface area contributed by atoms with Crippen LogP contribution in [-0.4, -0.2) is 6.04 Å². The highest BCUT2D eigenvalue weighted by molar-refractivity contribution is 5.25. The van der Waals surface area contributed by atoms with Crippen molar-refractivity contribution in [1.82, 2.24) is 0 Å². The van der Waals surface area contributed by atoms with Crippen LogP contribution in [0.1, 0.15) is 13.3 Å². The van der Waals surface area contributed by atoms with E-state index in [0.717, 1.165) is 12.0 Å². The van der Waals surface area contributed by atoms with Crippen LogP contribution in [0.3, 0.4) is 0 Å². The van der Waals surface area contributed by atoms with E-state index in [0.29, 0.717) is 0 Å². The highest BCUT2D eigenvalue weighted by Gasteiger charge is 1.99. The molecule has 0 saturated carbocycles. The second kappa shape index (κ2) is 5.00. The Morgan fingerprint density at radius 2 is 2.20 bits per heavy atom. The van der Waals surface area contributed by atoms with Gasteiger partial charge < -0.3 is 5.73 Å². The summed E-state index contributed by atoms with van der Waals surface area (Å²) in [6.45, 7) is 9.28. The van der Waals surface area contributed by atoms with Crippen LogP contribution in [0, 0.1) is 0 Å². The lowest BCUT2D eigenvalue weighted by atomic mass is 10.1. The van der Waals surface area contributed by atoms with Crippen LogP contribution < -0.4 is 5.73 Å². The van der Waals surface area contributed by atoms with Gasteiger partial charge in [-0.25, -0.2) is 0 Å². The fourth-order valence-electron chi connectivity index (χ4n) is 0.715. The van der Waals surface area contributed by atoms with Crippen LogP contribution in [0.2, 0.25) is 0 Å². The predicted octanol–water partition coefficient (Wildman–Crippen LogP) is 2.02. The molecule has 1 unspecified atom stereocenters. The van der Waals surface area contributed by atoms with Crippen molar-refractivity contribution in [2.75, 3.05) is 0 Å². The molecule has 2 N–H and O–H groups in total. The normalized spacial score (nSPS) is 14.4. The van der Waals surface area contributed by atoms with Crippen LogP contribution in [0.5, 0.6) is 0 Å². The summed E-state index contributed by atoms with van der Waals surface area (Å²) in [4.78, 5) is 0. The standard InChI is InChI=1S/C9H15N/c1-4-7-8(5-2)9(10)6-3/h4-5,7,9H,1-2,6,10H2,3H3/b8-7+. The van der Waals surface area contributed by atoms with Crippen molar-refractivity contribution < 1.29 is 0 Å². The molecule has 0 aliphatic heterocycles. The second-order valence-corrected chi connectivity index (χ2v) is 2.12. The molecule has 0 aliphatic carbocycles. The minimum atomic E-state index is 0.107. The molecule has 0 amide bonds. The van der Waals surface area contributed by atoms with Gasteiger partial charge in [-0.3, -0.25) is 0 Å². The first kappa shape index (κ1) is 9.18. The minimum Gasteiger partial charge on any atom is -0.324 e. The van der Waals surface area contributed by atoms with Crippen molar-refractivity contribution in [3.8, 4) is 0 Å². The first-order valence-corrected chi connectivity index (χ1v) is 3.46. The van der Waals surface area contributed by atoms with E-state index in [1.54, 1.807) is 12.2 Å². The SMILES string of the molecule is C=C/C=C(\C=C)C(N)CC. The number of rotatable bonds is 4. The van der Waals surface area contributed by atoms with Gasteiger partial charge in [-0.15, -0.1) is 0 Å². The summed E-state index contributed by atoms with van der Waals surface area (Å²) < 4.78 is 0. The van der Waals surface area contributed by atoms with Crippen LogP contribution >= 0.6 is 0 Å². The molecular formula is C9H15N. The van der Waals surface area contributed by atoms with Gasteiger partial charge >= 0.3 is 0 Å². The summed E-state index contributed by atoms with van der Waals surface area (Å²) in [5.74, 6) is 0. The molecule has 1 nitrogen and oxygen atoms in total. The Morgan fingerprint density at radius 1 is 1.60 bits per heavy atom. The van der Waals surface area contributed by atoms with Gasteiger partial charge in [0.05, 0.1) is 0 Å². The molecule has 0 rings (SSSR count). The van der Waals surface area contributed by atoms with Gasteiger partial charge in [0.15, 0.2) is 0 Å². The van der Waals surface area contributed by atoms with Gasteiger partial charge in [0.1, 0.15) is 0 Å². The van der Waals surface area contributed by atoms with Crippen LogP contribution in [0.4, 0.5) is 0 Å². The van der Waals surface area contributed by atoms with Crippen molar-refractivity contribution in [3.63, 3.8) is 0 Å². The largest absolute Gasteiger partial charge is 0.324 e. The smallest absolute Gasteiger partial charge is 0.0291 e. The Morgan fingerprint density at radius 3 is 2.50 bits per heavy atom. The molecule has 0 saturated heterocycles. The molecule has 56 valence electrons. The lowest BCUT2D eigenvalue weighted by Gasteiger charge is -2.07. The Bertz CT molecular complexity index is 145. The number of hydrogen-bond donors (Lipinski definition) is 1. The molecule has 0 spiro atoms. The fourth-order valence-corrected chi connectivity index (χ4v) is 0.715. The average molecular weight is 137 g/mol. The van der Waals surface area contributed by atoms with Gasteiger partial charge in [-0.05, 0) is 12.0 Å². The topological polar surface area (TPSA) is 26.0 Å². The Kier molecular flexibility index (Phi) is 4.59. The summed E-state index contributed by atoms with van der Waals surface area (Å²) in [6, 6.07) is 0.107. The lowest BCUT2D eigenvalue weighted by molar-refractivity contribution is 0.756. The third kappa shape index (κ3) is 2.65. The van der Waals surface area contributed by atoms with E-state index in [-0.39, 0.29) is 6.04 Å². The monoisotopic (exact) mass is 137 g/mol. The molecule has 0 aromatic heterocycles. The maximum absolute atomic E-state index is 5.73. The average Bonchev–Trinajstić information content (AvgIpc) is 1.99. The maximum atomic E-state index is 5.73. The van der Waals surface area contributed by atoms with Gasteiger partial charge in [0.2, 0.25) is 0 Å². The van der Waals surface area contributed by atoms with Crippen LogP contribution in [0.25, 0.3) is 0 Å². The molecule has 0 fully saturated rings. The molecule has 0 bridgehead atoms. The quantitative estimate of drug-likeness (QED) is 0.589. The summed E-state index contributed by atoms with van der Waals surface area (Å²) in [7, 11) is 0. The molecule has 1 atom stereocenters. The third-order valence-electron chi connectivity index (χ3n) is 1.41. The molecule has 0 aromatic carbocycles. The maximum Gasteiger partial charge on any atom is 0.0291 e. The zero-order chi connectivity index (χ0) is 7.98. The molecule has 0 radical (unpaired) electrons. The Balaban J connectivity index is 4.18. The van der Waals surface area contributed by atoms with Crippen molar-refractivity contribution in [1.29, 1.82) is 0 Å². The van der Waals surface area contributed by atoms with Crippen molar-refractivity contribution in [2.45, 2.75) is 19.4 Å². The zero-order valence-electron chi connectivity index (χ0n) is 6.51. The molecule has 0 heterocycles. The number of allylic oxidation sites excluding steroid dienone is 2. The highest BCUT2D eigenvalue weighted by atomic mass is 14.6. The Labute approximate surface area is 62.9 Å². The van der Waals surface area contributed by atoms with E-state index in [1.165, 1.54) is 0 Å². The van der Waals surface area contributed by atoms with E-state index in [9.17, 15) is 0 Å². The number of nitrogens with two attached hydrogens (primary N) is 1. The Hall–Kier alpha value is -0.820. The van der Waals surface area contributed by atoms with Crippen molar-refractivity contribution >= 4 is 0 Å². The fraction of sp³-hybridized carbons (Fsp3) is 0.333. The number of hydrogen-bond acceptors (Lipinski definition) is 1. The summed E-state index contributed by atoms with van der Waals surface area (Å²) in [6.07, 6.45) is 6.33. The zero-order valence-corrected chi connectivity index (χ0v) is 6.51. The third-order valence-corrected chi connectivity index (χ3v) is 1.41. The molecule has 0 aromatic rings. The summed E-state index contributed by atoms with van der Waals surface area (Å²) in [5.41, 5.74) is 6.78. The van der Waals surface area contributed by atoms with Gasteiger partial charge in [-0.2, -0.15) is 0 Å². The van der Waals surface area contributed by atoms with Crippen molar-refractivity contribution in [3.05, 3.63) is 37.0 Å². The first-order chi connectivity index (χ1) is 4.76. The lowest BCUT2D eigenvalue weighted by Crippen LogP contribution is -2.19. The van der Waals surface area contributed by atoms with Gasteiger partial charge in [0, 0.05) is 6.04 Å². The van der Waals surface area contributed by atoms with E-state index >= 15 is 0 Å². The molecule has 1 heteroatoms. The van der Waals surface area contributed by atoms with Gasteiger partial charge in [-0.1, -0.05) is 38.3 Å². The summed E-state index contributed by atoms with van der Waals surface area (Å²) >= 11 is 0. The molecule has 0 aliphatic rings. The van der Waals surface area contributed by atoms with E-state index in [4.69, 9.17) is 5.73 Å². The summed E-state index contributed by atoms with van der Waals surface area (Å²) in [5, 5.41) is 0.